The first kappa shape index (κ1) is 36.1. The van der Waals surface area contributed by atoms with Gasteiger partial charge in [0.15, 0.2) is 0 Å². The van der Waals surface area contributed by atoms with Crippen LogP contribution in [0, 0.1) is 0 Å². The van der Waals surface area contributed by atoms with Gasteiger partial charge in [0.25, 0.3) is 0 Å². The summed E-state index contributed by atoms with van der Waals surface area (Å²) in [6, 6.07) is 0. The number of carbonyl (C=O) groups excluding carboxylic acids is 1. The van der Waals surface area contributed by atoms with E-state index in [1.807, 2.05) is 6.79 Å². The van der Waals surface area contributed by atoms with E-state index >= 15 is 0 Å². The first-order chi connectivity index (χ1) is 4.41. The van der Waals surface area contributed by atoms with Gasteiger partial charge in [0, 0.05) is 0 Å². The monoisotopic (exact) mass is 500 g/mol. The van der Waals surface area contributed by atoms with Gasteiger partial charge in [-0.05, 0) is 0 Å². The molecule has 0 aromatic carbocycles. The molecule has 0 bridgehead atoms. The van der Waals surface area contributed by atoms with Gasteiger partial charge >= 0.3 is 138 Å². The molecule has 0 aliphatic heterocycles. The number of hydrogen-bond donors (Lipinski definition) is 0. The van der Waals surface area contributed by atoms with Gasteiger partial charge in [0.2, 0.25) is 0 Å². The molecule has 0 N–H and O–H groups in total. The smallest absolute Gasteiger partial charge is 0.811 e. The van der Waals surface area contributed by atoms with E-state index in [-0.39, 0.29) is 88.7 Å². The summed E-state index contributed by atoms with van der Waals surface area (Å²) in [4.78, 5) is 8.00. The third kappa shape index (κ3) is 158. The normalized spacial score (nSPS) is 7.54. The second kappa shape index (κ2) is 30.1. The Hall–Kier alpha value is 4.84. The zero-order chi connectivity index (χ0) is 9.21. The predicted octanol–water partition coefficient (Wildman–Crippen LogP) is -6.44. The number of rotatable bonds is 0. The van der Waals surface area contributed by atoms with Crippen LogP contribution in [0.2, 0.25) is 0 Å². The Labute approximate surface area is 167 Å². The van der Waals surface area contributed by atoms with Crippen molar-refractivity contribution in [1.82, 2.24) is 0 Å². The summed E-state index contributed by atoms with van der Waals surface area (Å²) < 4.78 is 16.6. The van der Waals surface area contributed by atoms with Crippen molar-refractivity contribution in [2.45, 2.75) is 0 Å². The van der Waals surface area contributed by atoms with E-state index in [9.17, 15) is 0 Å². The Morgan fingerprint density at radius 1 is 0.923 bits per heavy atom. The average molecular weight is 502 g/mol. The summed E-state index contributed by atoms with van der Waals surface area (Å²) in [5, 5.41) is 0. The molecule has 0 unspecified atom stereocenters. The molecule has 0 fully saturated rings. The van der Waals surface area contributed by atoms with Crippen molar-refractivity contribution in [1.29, 1.82) is 0 Å². The Balaban J connectivity index is -0.0000000138. The van der Waals surface area contributed by atoms with Crippen LogP contribution in [0.15, 0.2) is 0 Å². The zero-order valence-electron chi connectivity index (χ0n) is 7.15. The number of carbonyl (C=O) groups is 1. The summed E-state index contributed by atoms with van der Waals surface area (Å²) in [5.74, 6) is 0. The SMILES string of the molecule is C=O.[Cl][Au-]([Cl])([Cl])[Cl].[Na+].[Na+].[Na+].[O-]S[O-]. The predicted molar refractivity (Wildman–Crippen MR) is 39.7 cm³/mol. The van der Waals surface area contributed by atoms with Gasteiger partial charge < -0.3 is 26.2 Å². The first-order valence-corrected chi connectivity index (χ1v) is 12.5. The molecule has 13 heavy (non-hydrogen) atoms. The summed E-state index contributed by atoms with van der Waals surface area (Å²) in [7, 11) is 20.0. The summed E-state index contributed by atoms with van der Waals surface area (Å²) >= 11 is -3.75. The minimum Gasteiger partial charge on any atom is -0.811 e. The number of hydrogen-bond acceptors (Lipinski definition) is 4. The van der Waals surface area contributed by atoms with Crippen LogP contribution in [-0.4, -0.2) is 15.9 Å². The van der Waals surface area contributed by atoms with E-state index in [0.29, 0.717) is 0 Å². The van der Waals surface area contributed by atoms with Crippen molar-refractivity contribution in [2.24, 2.45) is 0 Å². The van der Waals surface area contributed by atoms with Crippen LogP contribution < -0.4 is 88.7 Å². The third-order valence-corrected chi connectivity index (χ3v) is 0. The van der Waals surface area contributed by atoms with Gasteiger partial charge in [-0.15, -0.1) is 0 Å². The molecule has 0 rings (SSSR count). The van der Waals surface area contributed by atoms with Crippen LogP contribution in [0.25, 0.3) is 0 Å². The van der Waals surface area contributed by atoms with Gasteiger partial charge in [-0.2, -0.15) is 0 Å². The summed E-state index contributed by atoms with van der Waals surface area (Å²) in [6.45, 7) is 2.00. The maximum absolute atomic E-state index is 8.29. The molecule has 0 aliphatic carbocycles. The molecular weight excluding hydrogens is 500 g/mol. The van der Waals surface area contributed by atoms with Gasteiger partial charge in [-0.1, -0.05) is 0 Å². The maximum atomic E-state index is 8.29. The van der Waals surface area contributed by atoms with Gasteiger partial charge in [-0.3, -0.25) is 0 Å². The molecule has 0 aromatic heterocycles. The van der Waals surface area contributed by atoms with Gasteiger partial charge in [0.1, 0.15) is 6.79 Å². The van der Waals surface area contributed by atoms with Crippen LogP contribution in [0.4, 0.5) is 0 Å². The fourth-order valence-corrected chi connectivity index (χ4v) is 0. The summed E-state index contributed by atoms with van der Waals surface area (Å²) in [6.07, 6.45) is 0. The van der Waals surface area contributed by atoms with E-state index < -0.39 is 25.1 Å². The Morgan fingerprint density at radius 3 is 0.923 bits per heavy atom. The maximum Gasteiger partial charge on any atom is 1.00 e. The Bertz CT molecular complexity index is 63.1. The molecule has 0 amide bonds. The van der Waals surface area contributed by atoms with Crippen molar-refractivity contribution < 1.29 is 115 Å². The van der Waals surface area contributed by atoms with E-state index in [4.69, 9.17) is 50.7 Å². The van der Waals surface area contributed by atoms with Crippen LogP contribution >= 0.6 is 49.1 Å². The van der Waals surface area contributed by atoms with Crippen molar-refractivity contribution in [3.8, 4) is 0 Å². The molecule has 3 nitrogen and oxygen atoms in total. The standard InChI is InChI=1S/CH2O.Au.4ClH.3Na.H2O2S/c1-2;;;;;;;;;1-3-2/h1H2;;4*1H;;;;1-2H/q;+3;;;;;3*+1;/p-6. The second-order valence-corrected chi connectivity index (χ2v) is 19.2. The topological polar surface area (TPSA) is 63.2 Å². The molecule has 0 atom stereocenters. The minimum absolute atomic E-state index is 0. The molecule has 0 saturated heterocycles. The molecular formula is CH2AuCl4Na3O3S. The van der Waals surface area contributed by atoms with E-state index in [1.165, 1.54) is 0 Å². The fourth-order valence-electron chi connectivity index (χ4n) is 0. The van der Waals surface area contributed by atoms with E-state index in [1.54, 1.807) is 0 Å². The largest absolute Gasteiger partial charge is 1.00 e. The van der Waals surface area contributed by atoms with Crippen molar-refractivity contribution in [3.63, 3.8) is 0 Å². The van der Waals surface area contributed by atoms with Crippen molar-refractivity contribution in [2.75, 3.05) is 0 Å². The van der Waals surface area contributed by atoms with Crippen LogP contribution in [0.1, 0.15) is 0 Å². The van der Waals surface area contributed by atoms with Crippen molar-refractivity contribution in [3.05, 3.63) is 0 Å². The molecule has 0 saturated carbocycles. The second-order valence-electron chi connectivity index (χ2n) is 0.326. The quantitative estimate of drug-likeness (QED) is 0.245. The Morgan fingerprint density at radius 2 is 0.923 bits per heavy atom. The summed E-state index contributed by atoms with van der Waals surface area (Å²) in [5.41, 5.74) is 0. The molecule has 0 heterocycles. The van der Waals surface area contributed by atoms with Gasteiger partial charge in [0.05, 0.1) is 0 Å². The molecule has 72 valence electrons. The number of halogens is 4. The molecule has 0 spiro atoms. The zero-order valence-corrected chi connectivity index (χ0v) is 19.2. The average Bonchev–Trinajstić information content (AvgIpc) is 1.68. The molecule has 0 aliphatic rings. The van der Waals surface area contributed by atoms with Crippen LogP contribution in [0.5, 0.6) is 0 Å². The molecule has 12 heteroatoms. The third-order valence-electron chi connectivity index (χ3n) is 0. The van der Waals surface area contributed by atoms with E-state index in [2.05, 4.69) is 0 Å². The molecule has 0 aromatic rings. The first-order valence-electron chi connectivity index (χ1n) is 1.08. The fraction of sp³-hybridized carbons (Fsp3) is 0. The van der Waals surface area contributed by atoms with Gasteiger partial charge in [-0.25, -0.2) is 0 Å². The van der Waals surface area contributed by atoms with E-state index in [0.717, 1.165) is 0 Å². The van der Waals surface area contributed by atoms with Crippen LogP contribution in [-0.2, 0) is 17.6 Å². The minimum atomic E-state index is -3.00. The van der Waals surface area contributed by atoms with Crippen molar-refractivity contribution >= 4 is 55.9 Å². The molecule has 0 radical (unpaired) electrons. The van der Waals surface area contributed by atoms with Crippen LogP contribution in [0.3, 0.4) is 0 Å². The Kier molecular flexibility index (Phi) is 83.7.